The summed E-state index contributed by atoms with van der Waals surface area (Å²) in [6.45, 7) is 4.75. The first-order valence-electron chi connectivity index (χ1n) is 15.3. The SMILES string of the molecule is CC(C)OC(=O)OCC(COC(=O)OC(C)C)(OC[C@H]1O[C@@H](n2ncc3c(NC(C)c4ccc(F)cc4)cc(Cl)nc32)[C@H](O)[C@@H]1O)P(=O)(O)O. The van der Waals surface area contributed by atoms with E-state index in [-0.39, 0.29) is 22.7 Å². The van der Waals surface area contributed by atoms with Gasteiger partial charge in [0.25, 0.3) is 0 Å². The van der Waals surface area contributed by atoms with Gasteiger partial charge in [0.15, 0.2) is 11.9 Å². The first-order chi connectivity index (χ1) is 23.4. The second-order valence-corrected chi connectivity index (χ2v) is 14.3. The van der Waals surface area contributed by atoms with Gasteiger partial charge in [-0.3, -0.25) is 4.57 Å². The molecule has 3 aromatic rings. The van der Waals surface area contributed by atoms with Crippen molar-refractivity contribution in [3.05, 3.63) is 53.1 Å². The molecule has 1 fully saturated rings. The molecule has 50 heavy (non-hydrogen) atoms. The number of nitrogens with one attached hydrogen (secondary N) is 1. The number of nitrogens with zero attached hydrogens (tertiary/aromatic N) is 3. The van der Waals surface area contributed by atoms with Gasteiger partial charge in [-0.15, -0.1) is 0 Å². The van der Waals surface area contributed by atoms with Crippen LogP contribution in [0.25, 0.3) is 11.0 Å². The Balaban J connectivity index is 1.56. The Morgan fingerprint density at radius 2 is 1.62 bits per heavy atom. The highest BCUT2D eigenvalue weighted by Crippen LogP contribution is 2.52. The van der Waals surface area contributed by atoms with Gasteiger partial charge in [0.1, 0.15) is 42.5 Å². The molecule has 5 N–H and O–H groups in total. The number of ether oxygens (including phenoxy) is 6. The number of aliphatic hydroxyl groups excluding tert-OH is 2. The average molecular weight is 749 g/mol. The van der Waals surface area contributed by atoms with Crippen molar-refractivity contribution < 1.29 is 67.0 Å². The molecule has 276 valence electrons. The Morgan fingerprint density at radius 1 is 1.04 bits per heavy atom. The maximum absolute atomic E-state index is 13.4. The van der Waals surface area contributed by atoms with E-state index in [4.69, 9.17) is 40.0 Å². The number of hydrogen-bond donors (Lipinski definition) is 5. The molecule has 3 heterocycles. The normalized spacial score (nSPS) is 20.3. The molecule has 1 aromatic carbocycles. The van der Waals surface area contributed by atoms with E-state index in [2.05, 4.69) is 15.4 Å². The van der Waals surface area contributed by atoms with Crippen molar-refractivity contribution >= 4 is 48.2 Å². The first-order valence-corrected chi connectivity index (χ1v) is 17.3. The van der Waals surface area contributed by atoms with E-state index in [0.29, 0.717) is 11.1 Å². The highest BCUT2D eigenvalue weighted by Gasteiger charge is 2.54. The number of aromatic nitrogens is 3. The number of carbonyl (C=O) groups excluding carboxylic acids is 2. The van der Waals surface area contributed by atoms with Crippen LogP contribution in [0.1, 0.15) is 52.5 Å². The summed E-state index contributed by atoms with van der Waals surface area (Å²) in [5.74, 6) is -0.385. The lowest BCUT2D eigenvalue weighted by Crippen LogP contribution is -2.47. The van der Waals surface area contributed by atoms with Crippen LogP contribution in [0.15, 0.2) is 36.5 Å². The van der Waals surface area contributed by atoms with Crippen molar-refractivity contribution in [1.29, 1.82) is 0 Å². The molecular weight excluding hydrogens is 710 g/mol. The number of anilines is 1. The average Bonchev–Trinajstić information content (AvgIpc) is 3.55. The molecule has 0 bridgehead atoms. The molecule has 0 amide bonds. The fourth-order valence-corrected chi connectivity index (χ4v) is 5.74. The number of carbonyl (C=O) groups is 2. The third-order valence-electron chi connectivity index (χ3n) is 7.40. The second kappa shape index (κ2) is 16.2. The zero-order valence-corrected chi connectivity index (χ0v) is 29.3. The van der Waals surface area contributed by atoms with Crippen LogP contribution in [0.4, 0.5) is 19.7 Å². The fraction of sp³-hybridized carbons (Fsp3) is 0.533. The summed E-state index contributed by atoms with van der Waals surface area (Å²) < 4.78 is 58.4. The van der Waals surface area contributed by atoms with Crippen LogP contribution >= 0.6 is 19.2 Å². The number of rotatable bonds is 14. The van der Waals surface area contributed by atoms with E-state index in [1.807, 2.05) is 6.92 Å². The lowest BCUT2D eigenvalue weighted by molar-refractivity contribution is -0.130. The second-order valence-electron chi connectivity index (χ2n) is 12.0. The quantitative estimate of drug-likeness (QED) is 0.0890. The summed E-state index contributed by atoms with van der Waals surface area (Å²) in [5, 5.41) is 27.1. The van der Waals surface area contributed by atoms with Crippen LogP contribution in [0.5, 0.6) is 0 Å². The Labute approximate surface area is 290 Å². The molecule has 5 atom stereocenters. The largest absolute Gasteiger partial charge is 0.508 e. The van der Waals surface area contributed by atoms with Gasteiger partial charge >= 0.3 is 19.9 Å². The highest BCUT2D eigenvalue weighted by atomic mass is 35.5. The van der Waals surface area contributed by atoms with Crippen LogP contribution in [-0.2, 0) is 33.0 Å². The van der Waals surface area contributed by atoms with Gasteiger partial charge in [-0.05, 0) is 58.4 Å². The Bertz CT molecular complexity index is 1660. The molecule has 0 spiro atoms. The lowest BCUT2D eigenvalue weighted by Gasteiger charge is -2.33. The smallest absolute Gasteiger partial charge is 0.432 e. The van der Waals surface area contributed by atoms with Crippen molar-refractivity contribution in [2.45, 2.75) is 82.8 Å². The Hall–Kier alpha value is -3.61. The van der Waals surface area contributed by atoms with E-state index in [1.54, 1.807) is 18.2 Å². The third kappa shape index (κ3) is 9.38. The fourth-order valence-electron chi connectivity index (χ4n) is 4.84. The number of pyridine rings is 1. The maximum Gasteiger partial charge on any atom is 0.508 e. The van der Waals surface area contributed by atoms with Crippen molar-refractivity contribution in [3.63, 3.8) is 0 Å². The molecule has 1 saturated heterocycles. The summed E-state index contributed by atoms with van der Waals surface area (Å²) in [4.78, 5) is 49.2. The molecule has 0 aliphatic carbocycles. The number of fused-ring (bicyclic) bond motifs is 1. The number of benzene rings is 1. The highest BCUT2D eigenvalue weighted by molar-refractivity contribution is 7.53. The summed E-state index contributed by atoms with van der Waals surface area (Å²) in [6.07, 6.45) is -8.68. The number of hydrogen-bond acceptors (Lipinski definition) is 14. The molecule has 0 saturated carbocycles. The third-order valence-corrected chi connectivity index (χ3v) is 9.04. The van der Waals surface area contributed by atoms with Gasteiger partial charge in [0.2, 0.25) is 5.34 Å². The summed E-state index contributed by atoms with van der Waals surface area (Å²) >= 11 is 6.33. The van der Waals surface area contributed by atoms with Gasteiger partial charge in [-0.25, -0.2) is 23.6 Å². The molecule has 0 radical (unpaired) electrons. The summed E-state index contributed by atoms with van der Waals surface area (Å²) in [7, 11) is -5.48. The van der Waals surface area contributed by atoms with Gasteiger partial charge in [-0.2, -0.15) is 5.10 Å². The standard InChI is InChI=1S/C30H39ClFN4O13P/c1-15(2)47-28(39)44-13-30(50(41,42)43,14-45-29(40)48-16(3)4)46-12-22-24(37)25(38)27(49-22)36-26-20(11-33-36)21(10-23(31)35-26)34-17(5)18-6-8-19(32)9-7-18/h6-11,15-17,22,24-25,27,37-38H,12-14H2,1-5H3,(H,34,35)(H2,41,42,43)/t17?,22-,24-,25-,27-/m1/s1. The molecule has 2 aromatic heterocycles. The zero-order chi connectivity index (χ0) is 37.0. The minimum Gasteiger partial charge on any atom is -0.432 e. The van der Waals surface area contributed by atoms with Crippen LogP contribution in [0.3, 0.4) is 0 Å². The van der Waals surface area contributed by atoms with Gasteiger partial charge in [0, 0.05) is 6.04 Å². The van der Waals surface area contributed by atoms with Crippen molar-refractivity contribution in [2.24, 2.45) is 0 Å². The van der Waals surface area contributed by atoms with Crippen LogP contribution in [0.2, 0.25) is 5.15 Å². The Morgan fingerprint density at radius 3 is 2.16 bits per heavy atom. The van der Waals surface area contributed by atoms with Crippen LogP contribution < -0.4 is 5.32 Å². The van der Waals surface area contributed by atoms with E-state index in [0.717, 1.165) is 10.2 Å². The van der Waals surface area contributed by atoms with Gasteiger partial charge in [0.05, 0.1) is 36.1 Å². The predicted octanol–water partition coefficient (Wildman–Crippen LogP) is 4.03. The van der Waals surface area contributed by atoms with Crippen molar-refractivity contribution in [3.8, 4) is 0 Å². The van der Waals surface area contributed by atoms with E-state index >= 15 is 0 Å². The maximum atomic E-state index is 13.4. The lowest BCUT2D eigenvalue weighted by atomic mass is 10.1. The van der Waals surface area contributed by atoms with E-state index < -0.39 is 81.8 Å². The molecule has 1 aliphatic heterocycles. The first kappa shape index (κ1) is 39.2. The van der Waals surface area contributed by atoms with Crippen molar-refractivity contribution in [2.75, 3.05) is 25.1 Å². The molecule has 1 unspecified atom stereocenters. The van der Waals surface area contributed by atoms with Gasteiger partial charge < -0.3 is 53.7 Å². The van der Waals surface area contributed by atoms with Crippen molar-refractivity contribution in [1.82, 2.24) is 14.8 Å². The summed E-state index contributed by atoms with van der Waals surface area (Å²) in [5.41, 5.74) is 1.41. The van der Waals surface area contributed by atoms with Crippen LogP contribution in [-0.4, -0.2) is 103 Å². The monoisotopic (exact) mass is 748 g/mol. The number of aliphatic hydroxyl groups is 2. The predicted molar refractivity (Wildman–Crippen MR) is 173 cm³/mol. The molecular formula is C30H39ClFN4O13P. The molecule has 4 rings (SSSR count). The molecule has 20 heteroatoms. The minimum absolute atomic E-state index is 0.0411. The topological polar surface area (TPSA) is 230 Å². The van der Waals surface area contributed by atoms with Gasteiger partial charge in [-0.1, -0.05) is 23.7 Å². The minimum atomic E-state index is -5.48. The Kier molecular flexibility index (Phi) is 12.7. The molecule has 17 nitrogen and oxygen atoms in total. The molecule has 1 aliphatic rings. The summed E-state index contributed by atoms with van der Waals surface area (Å²) in [6, 6.07) is 7.15. The van der Waals surface area contributed by atoms with E-state index in [1.165, 1.54) is 46.0 Å². The number of halogens is 2. The van der Waals surface area contributed by atoms with E-state index in [9.17, 15) is 38.5 Å². The van der Waals surface area contributed by atoms with Crippen LogP contribution in [0, 0.1) is 5.82 Å². The zero-order valence-electron chi connectivity index (χ0n) is 27.6.